The maximum Gasteiger partial charge on any atom is 0.269 e. The molecule has 0 fully saturated rings. The molecular weight excluding hydrogens is 308 g/mol. The number of nitro benzene ring substituents is 1. The number of nitro groups is 1. The Kier molecular flexibility index (Phi) is 4.32. The van der Waals surface area contributed by atoms with Crippen LogP contribution in [-0.2, 0) is 16.7 Å². The number of hydrogen-bond donors (Lipinski definition) is 0. The van der Waals surface area contributed by atoms with Crippen LogP contribution in [0.1, 0.15) is 22.3 Å². The zero-order valence-electron chi connectivity index (χ0n) is 11.9. The summed E-state index contributed by atoms with van der Waals surface area (Å²) in [6, 6.07) is 6.06. The van der Waals surface area contributed by atoms with E-state index in [4.69, 9.17) is 0 Å². The van der Waals surface area contributed by atoms with E-state index in [9.17, 15) is 23.7 Å². The van der Waals surface area contributed by atoms with Crippen molar-refractivity contribution in [2.75, 3.05) is 0 Å². The minimum absolute atomic E-state index is 0.00443. The van der Waals surface area contributed by atoms with Gasteiger partial charge in [0.25, 0.3) is 5.69 Å². The van der Waals surface area contributed by atoms with Gasteiger partial charge in [0.15, 0.2) is 4.64 Å². The van der Waals surface area contributed by atoms with Crippen molar-refractivity contribution in [1.82, 2.24) is 4.73 Å². The highest BCUT2D eigenvalue weighted by atomic mass is 32.2. The van der Waals surface area contributed by atoms with E-state index in [-0.39, 0.29) is 10.3 Å². The van der Waals surface area contributed by atoms with Crippen molar-refractivity contribution in [3.8, 4) is 0 Å². The lowest BCUT2D eigenvalue weighted by molar-refractivity contribution is -0.384. The molecule has 2 rings (SSSR count). The van der Waals surface area contributed by atoms with Gasteiger partial charge in [-0.25, -0.2) is 0 Å². The molecule has 0 saturated heterocycles. The normalized spacial score (nSPS) is 10.5. The van der Waals surface area contributed by atoms with Gasteiger partial charge in [0.05, 0.1) is 4.92 Å². The highest BCUT2D eigenvalue weighted by Gasteiger charge is 2.10. The predicted octanol–water partition coefficient (Wildman–Crippen LogP) is 2.36. The molecule has 0 aliphatic rings. The lowest BCUT2D eigenvalue weighted by atomic mass is 9.98. The second-order valence-electron chi connectivity index (χ2n) is 4.88. The monoisotopic (exact) mass is 321 g/mol. The third-order valence-corrected chi connectivity index (χ3v) is 4.29. The molecule has 116 valence electrons. The van der Waals surface area contributed by atoms with E-state index in [1.54, 1.807) is 26.0 Å². The van der Waals surface area contributed by atoms with Crippen molar-refractivity contribution in [3.63, 3.8) is 0 Å². The molecule has 0 spiro atoms. The maximum atomic E-state index is 11.5. The fourth-order valence-electron chi connectivity index (χ4n) is 2.24. The first-order valence-corrected chi connectivity index (χ1v) is 7.43. The highest BCUT2D eigenvalue weighted by Crippen LogP contribution is 2.21. The van der Waals surface area contributed by atoms with Crippen molar-refractivity contribution in [2.45, 2.75) is 20.3 Å². The molecule has 1 heterocycles. The van der Waals surface area contributed by atoms with E-state index < -0.39 is 15.2 Å². The van der Waals surface area contributed by atoms with Crippen molar-refractivity contribution < 1.29 is 13.3 Å². The first kappa shape index (κ1) is 15.8. The van der Waals surface area contributed by atoms with E-state index >= 15 is 0 Å². The van der Waals surface area contributed by atoms with Gasteiger partial charge in [-0.1, -0.05) is 6.07 Å². The summed E-state index contributed by atoms with van der Waals surface area (Å²) in [6.45, 7) is 3.32. The SMILES string of the molecule is Cc1cc([N+](=O)[O-])ccc1Cc1ccn([O-])c(=S(=O)=O)c1C. The van der Waals surface area contributed by atoms with Crippen LogP contribution in [0.5, 0.6) is 0 Å². The number of aromatic nitrogens is 1. The standard InChI is InChI=1S/C14H13N2O5S/c1-9-7-13(16(18)19)4-3-11(9)8-12-5-6-15(17)14(10(12)2)22(20)21/h3-7H,8H2,1-2H3/q-1. The van der Waals surface area contributed by atoms with Crippen LogP contribution in [0, 0.1) is 33.8 Å². The molecule has 0 radical (unpaired) electrons. The molecule has 1 aromatic heterocycles. The third kappa shape index (κ3) is 3.01. The Labute approximate surface area is 127 Å². The van der Waals surface area contributed by atoms with Crippen LogP contribution in [0.2, 0.25) is 0 Å². The molecule has 0 saturated carbocycles. The highest BCUT2D eigenvalue weighted by molar-refractivity contribution is 7.63. The van der Waals surface area contributed by atoms with Gasteiger partial charge in [0, 0.05) is 12.1 Å². The average Bonchev–Trinajstić information content (AvgIpc) is 2.43. The Morgan fingerprint density at radius 1 is 1.18 bits per heavy atom. The molecule has 0 aliphatic carbocycles. The van der Waals surface area contributed by atoms with Crippen LogP contribution in [0.3, 0.4) is 0 Å². The van der Waals surface area contributed by atoms with Gasteiger partial charge in [-0.05, 0) is 54.8 Å². The predicted molar refractivity (Wildman–Crippen MR) is 80.7 cm³/mol. The van der Waals surface area contributed by atoms with E-state index in [0.717, 1.165) is 17.3 Å². The number of hydrogen-bond acceptors (Lipinski definition) is 5. The Morgan fingerprint density at radius 3 is 2.41 bits per heavy atom. The molecule has 7 nitrogen and oxygen atoms in total. The molecular formula is C14H13N2O5S-. The third-order valence-electron chi connectivity index (χ3n) is 3.49. The van der Waals surface area contributed by atoms with Crippen LogP contribution in [-0.4, -0.2) is 18.1 Å². The fourth-order valence-corrected chi connectivity index (χ4v) is 2.83. The number of non-ortho nitro benzene ring substituents is 1. The number of aryl methyl sites for hydroxylation is 1. The Balaban J connectivity index is 2.52. The topological polar surface area (TPSA) is 105 Å². The lowest BCUT2D eigenvalue weighted by Gasteiger charge is -2.15. The molecule has 0 bridgehead atoms. The van der Waals surface area contributed by atoms with Gasteiger partial charge in [-0.2, -0.15) is 8.42 Å². The van der Waals surface area contributed by atoms with Gasteiger partial charge in [0.1, 0.15) is 0 Å². The second kappa shape index (κ2) is 6.02. The molecule has 8 heteroatoms. The quantitative estimate of drug-likeness (QED) is 0.490. The zero-order chi connectivity index (χ0) is 16.4. The maximum absolute atomic E-state index is 11.5. The molecule has 0 amide bonds. The van der Waals surface area contributed by atoms with E-state index in [1.165, 1.54) is 12.1 Å². The van der Waals surface area contributed by atoms with Gasteiger partial charge in [0.2, 0.25) is 10.3 Å². The number of nitrogens with zero attached hydrogens (tertiary/aromatic N) is 2. The minimum atomic E-state index is -2.62. The molecule has 1 aromatic carbocycles. The average molecular weight is 321 g/mol. The lowest BCUT2D eigenvalue weighted by Crippen LogP contribution is -2.02. The molecule has 0 unspecified atom stereocenters. The Morgan fingerprint density at radius 2 is 1.86 bits per heavy atom. The smallest absolute Gasteiger partial charge is 0.269 e. The van der Waals surface area contributed by atoms with Gasteiger partial charge >= 0.3 is 0 Å². The van der Waals surface area contributed by atoms with E-state index in [2.05, 4.69) is 0 Å². The fraction of sp³-hybridized carbons (Fsp3) is 0.214. The summed E-state index contributed by atoms with van der Waals surface area (Å²) < 4.78 is 22.3. The van der Waals surface area contributed by atoms with Gasteiger partial charge in [-0.15, -0.1) is 0 Å². The first-order valence-electron chi connectivity index (χ1n) is 6.36. The van der Waals surface area contributed by atoms with Crippen molar-refractivity contribution in [3.05, 3.63) is 72.7 Å². The summed E-state index contributed by atoms with van der Waals surface area (Å²) in [5, 5.41) is 22.3. The zero-order valence-corrected chi connectivity index (χ0v) is 12.8. The van der Waals surface area contributed by atoms with Gasteiger partial charge in [-0.3, -0.25) is 10.1 Å². The second-order valence-corrected chi connectivity index (χ2v) is 5.73. The van der Waals surface area contributed by atoms with Crippen LogP contribution in [0.15, 0.2) is 30.5 Å². The van der Waals surface area contributed by atoms with Crippen molar-refractivity contribution in [2.24, 2.45) is 0 Å². The minimum Gasteiger partial charge on any atom is -0.805 e. The number of rotatable bonds is 3. The number of pyridine rings is 1. The summed E-state index contributed by atoms with van der Waals surface area (Å²) in [6.07, 6.45) is 1.54. The molecule has 0 atom stereocenters. The molecule has 0 N–H and O–H groups in total. The molecule has 0 aliphatic heterocycles. The van der Waals surface area contributed by atoms with Crippen molar-refractivity contribution >= 4 is 16.0 Å². The molecule has 2 aromatic rings. The summed E-state index contributed by atoms with van der Waals surface area (Å²) >= 11 is 0. The van der Waals surface area contributed by atoms with Crippen molar-refractivity contribution in [1.29, 1.82) is 0 Å². The van der Waals surface area contributed by atoms with E-state index in [1.807, 2.05) is 0 Å². The molecule has 22 heavy (non-hydrogen) atoms. The number of benzene rings is 1. The summed E-state index contributed by atoms with van der Waals surface area (Å²) in [4.78, 5) is 10.3. The van der Waals surface area contributed by atoms with Gasteiger partial charge < -0.3 is 9.94 Å². The van der Waals surface area contributed by atoms with Crippen LogP contribution in [0.4, 0.5) is 5.69 Å². The summed E-state index contributed by atoms with van der Waals surface area (Å²) in [5.41, 5.74) is 2.63. The van der Waals surface area contributed by atoms with Crippen LogP contribution >= 0.6 is 0 Å². The Hall–Kier alpha value is -2.61. The van der Waals surface area contributed by atoms with Crippen LogP contribution in [0.25, 0.3) is 0 Å². The van der Waals surface area contributed by atoms with Crippen LogP contribution < -0.4 is 0 Å². The Bertz CT molecular complexity index is 921. The summed E-state index contributed by atoms with van der Waals surface area (Å²) in [5.74, 6) is 0. The first-order chi connectivity index (χ1) is 10.3. The van der Waals surface area contributed by atoms with E-state index in [0.29, 0.717) is 22.3 Å². The summed E-state index contributed by atoms with van der Waals surface area (Å²) in [7, 11) is -2.62. The largest absolute Gasteiger partial charge is 0.805 e.